The number of hydrogen-bond donors (Lipinski definition) is 2. The van der Waals surface area contributed by atoms with Crippen molar-refractivity contribution in [2.45, 2.75) is 6.04 Å². The SMILES string of the molecule is O=C(COc1ccccc1)NCC(=O)NC(c1ccccc1)c1ccccn1. The van der Waals surface area contributed by atoms with E-state index in [2.05, 4.69) is 15.6 Å². The van der Waals surface area contributed by atoms with E-state index in [1.807, 2.05) is 66.7 Å². The largest absolute Gasteiger partial charge is 0.484 e. The van der Waals surface area contributed by atoms with E-state index in [4.69, 9.17) is 4.74 Å². The average molecular weight is 375 g/mol. The fourth-order valence-electron chi connectivity index (χ4n) is 2.63. The van der Waals surface area contributed by atoms with E-state index in [9.17, 15) is 9.59 Å². The van der Waals surface area contributed by atoms with Crippen LogP contribution in [0.15, 0.2) is 85.1 Å². The fourth-order valence-corrected chi connectivity index (χ4v) is 2.63. The molecule has 0 spiro atoms. The van der Waals surface area contributed by atoms with Gasteiger partial charge < -0.3 is 15.4 Å². The van der Waals surface area contributed by atoms with E-state index < -0.39 is 6.04 Å². The molecule has 6 nitrogen and oxygen atoms in total. The summed E-state index contributed by atoms with van der Waals surface area (Å²) in [5.74, 6) is -0.0814. The van der Waals surface area contributed by atoms with Crippen LogP contribution in [-0.4, -0.2) is 29.9 Å². The first kappa shape index (κ1) is 19.1. The Balaban J connectivity index is 1.54. The molecule has 0 radical (unpaired) electrons. The Morgan fingerprint density at radius 1 is 0.857 bits per heavy atom. The van der Waals surface area contributed by atoms with Gasteiger partial charge in [0.1, 0.15) is 5.75 Å². The van der Waals surface area contributed by atoms with Gasteiger partial charge in [-0.1, -0.05) is 54.6 Å². The minimum Gasteiger partial charge on any atom is -0.484 e. The van der Waals surface area contributed by atoms with Crippen LogP contribution in [0.1, 0.15) is 17.3 Å². The number of nitrogens with one attached hydrogen (secondary N) is 2. The van der Waals surface area contributed by atoms with Crippen molar-refractivity contribution in [3.05, 3.63) is 96.3 Å². The molecule has 0 aliphatic rings. The summed E-state index contributed by atoms with van der Waals surface area (Å²) in [6.45, 7) is -0.299. The maximum absolute atomic E-state index is 12.4. The molecular weight excluding hydrogens is 354 g/mol. The number of rotatable bonds is 8. The molecule has 0 fully saturated rings. The second kappa shape index (κ2) is 9.87. The zero-order valence-corrected chi connectivity index (χ0v) is 15.2. The Morgan fingerprint density at radius 2 is 1.54 bits per heavy atom. The van der Waals surface area contributed by atoms with Gasteiger partial charge in [-0.25, -0.2) is 0 Å². The van der Waals surface area contributed by atoms with Crippen LogP contribution in [0.5, 0.6) is 5.75 Å². The topological polar surface area (TPSA) is 80.3 Å². The molecule has 0 saturated carbocycles. The van der Waals surface area contributed by atoms with Gasteiger partial charge >= 0.3 is 0 Å². The molecule has 3 rings (SSSR count). The summed E-state index contributed by atoms with van der Waals surface area (Å²) in [6.07, 6.45) is 1.68. The number of ether oxygens (including phenoxy) is 1. The lowest BCUT2D eigenvalue weighted by Crippen LogP contribution is -2.40. The number of pyridine rings is 1. The number of nitrogens with zero attached hydrogens (tertiary/aromatic N) is 1. The zero-order chi connectivity index (χ0) is 19.6. The first-order valence-electron chi connectivity index (χ1n) is 8.92. The predicted molar refractivity (Wildman–Crippen MR) is 106 cm³/mol. The predicted octanol–water partition coefficient (Wildman–Crippen LogP) is 2.48. The van der Waals surface area contributed by atoms with E-state index in [0.717, 1.165) is 11.3 Å². The molecule has 2 N–H and O–H groups in total. The molecule has 0 aliphatic heterocycles. The lowest BCUT2D eigenvalue weighted by Gasteiger charge is -2.19. The first-order chi connectivity index (χ1) is 13.7. The Hall–Kier alpha value is -3.67. The lowest BCUT2D eigenvalue weighted by atomic mass is 10.0. The van der Waals surface area contributed by atoms with Crippen LogP contribution in [-0.2, 0) is 9.59 Å². The maximum atomic E-state index is 12.4. The van der Waals surface area contributed by atoms with Crippen molar-refractivity contribution >= 4 is 11.8 Å². The Morgan fingerprint density at radius 3 is 2.21 bits per heavy atom. The summed E-state index contributed by atoms with van der Waals surface area (Å²) >= 11 is 0. The van der Waals surface area contributed by atoms with Gasteiger partial charge in [-0.05, 0) is 29.8 Å². The van der Waals surface area contributed by atoms with Crippen LogP contribution in [0.2, 0.25) is 0 Å². The van der Waals surface area contributed by atoms with E-state index >= 15 is 0 Å². The van der Waals surface area contributed by atoms with E-state index in [-0.39, 0.29) is 25.0 Å². The molecule has 142 valence electrons. The van der Waals surface area contributed by atoms with Crippen molar-refractivity contribution in [2.75, 3.05) is 13.2 Å². The van der Waals surface area contributed by atoms with Gasteiger partial charge in [-0.15, -0.1) is 0 Å². The zero-order valence-electron chi connectivity index (χ0n) is 15.2. The van der Waals surface area contributed by atoms with E-state index in [0.29, 0.717) is 5.75 Å². The highest BCUT2D eigenvalue weighted by atomic mass is 16.5. The van der Waals surface area contributed by atoms with Crippen LogP contribution >= 0.6 is 0 Å². The quantitative estimate of drug-likeness (QED) is 0.634. The van der Waals surface area contributed by atoms with Crippen molar-refractivity contribution in [2.24, 2.45) is 0 Å². The van der Waals surface area contributed by atoms with Crippen LogP contribution in [0.25, 0.3) is 0 Å². The Bertz CT molecular complexity index is 847. The molecule has 2 aromatic carbocycles. The maximum Gasteiger partial charge on any atom is 0.258 e. The third-order valence-corrected chi connectivity index (χ3v) is 3.98. The lowest BCUT2D eigenvalue weighted by molar-refractivity contribution is -0.127. The summed E-state index contributed by atoms with van der Waals surface area (Å²) in [5.41, 5.74) is 1.63. The van der Waals surface area contributed by atoms with Crippen molar-refractivity contribution < 1.29 is 14.3 Å². The van der Waals surface area contributed by atoms with Gasteiger partial charge in [-0.3, -0.25) is 14.6 Å². The molecule has 0 aliphatic carbocycles. The average Bonchev–Trinajstić information content (AvgIpc) is 2.76. The molecule has 0 bridgehead atoms. The van der Waals surface area contributed by atoms with Crippen molar-refractivity contribution in [3.8, 4) is 5.75 Å². The highest BCUT2D eigenvalue weighted by Crippen LogP contribution is 2.19. The Kier molecular flexibility index (Phi) is 6.73. The number of carbonyl (C=O) groups is 2. The standard InChI is InChI=1S/C22H21N3O3/c26-20(15-24-21(27)16-28-18-11-5-2-6-12-18)25-22(17-9-3-1-4-10-17)19-13-7-8-14-23-19/h1-14,22H,15-16H2,(H,24,27)(H,25,26). The van der Waals surface area contributed by atoms with Gasteiger partial charge in [-0.2, -0.15) is 0 Å². The van der Waals surface area contributed by atoms with Crippen molar-refractivity contribution in [1.82, 2.24) is 15.6 Å². The van der Waals surface area contributed by atoms with Gasteiger partial charge in [0.15, 0.2) is 6.61 Å². The van der Waals surface area contributed by atoms with Crippen molar-refractivity contribution in [1.29, 1.82) is 0 Å². The highest BCUT2D eigenvalue weighted by Gasteiger charge is 2.18. The number of amides is 2. The number of aromatic nitrogens is 1. The normalized spacial score (nSPS) is 11.3. The third-order valence-electron chi connectivity index (χ3n) is 3.98. The monoisotopic (exact) mass is 375 g/mol. The summed E-state index contributed by atoms with van der Waals surface area (Å²) in [6, 6.07) is 23.7. The summed E-state index contributed by atoms with van der Waals surface area (Å²) in [4.78, 5) is 28.6. The summed E-state index contributed by atoms with van der Waals surface area (Å²) in [7, 11) is 0. The van der Waals surface area contributed by atoms with E-state index in [1.165, 1.54) is 0 Å². The molecule has 1 aromatic heterocycles. The van der Waals surface area contributed by atoms with Crippen LogP contribution in [0.3, 0.4) is 0 Å². The molecule has 1 unspecified atom stereocenters. The highest BCUT2D eigenvalue weighted by molar-refractivity contribution is 5.85. The molecule has 28 heavy (non-hydrogen) atoms. The first-order valence-corrected chi connectivity index (χ1v) is 8.92. The number of benzene rings is 2. The molecule has 1 atom stereocenters. The van der Waals surface area contributed by atoms with E-state index in [1.54, 1.807) is 18.3 Å². The minimum absolute atomic E-state index is 0.146. The third kappa shape index (κ3) is 5.67. The van der Waals surface area contributed by atoms with Gasteiger partial charge in [0, 0.05) is 6.20 Å². The van der Waals surface area contributed by atoms with Gasteiger partial charge in [0.2, 0.25) is 5.91 Å². The molecule has 2 amide bonds. The smallest absolute Gasteiger partial charge is 0.258 e. The molecular formula is C22H21N3O3. The van der Waals surface area contributed by atoms with Gasteiger partial charge in [0.25, 0.3) is 5.91 Å². The van der Waals surface area contributed by atoms with Crippen LogP contribution < -0.4 is 15.4 Å². The van der Waals surface area contributed by atoms with Gasteiger partial charge in [0.05, 0.1) is 18.3 Å². The summed E-state index contributed by atoms with van der Waals surface area (Å²) < 4.78 is 5.37. The van der Waals surface area contributed by atoms with Crippen LogP contribution in [0.4, 0.5) is 0 Å². The molecule has 3 aromatic rings. The number of hydrogen-bond acceptors (Lipinski definition) is 4. The second-order valence-corrected chi connectivity index (χ2v) is 6.04. The Labute approximate surface area is 163 Å². The van der Waals surface area contributed by atoms with Crippen molar-refractivity contribution in [3.63, 3.8) is 0 Å². The second-order valence-electron chi connectivity index (χ2n) is 6.04. The van der Waals surface area contributed by atoms with Crippen LogP contribution in [0, 0.1) is 0 Å². The number of para-hydroxylation sites is 1. The molecule has 0 saturated heterocycles. The number of carbonyl (C=O) groups excluding carboxylic acids is 2. The summed E-state index contributed by atoms with van der Waals surface area (Å²) in [5, 5.41) is 5.49. The molecule has 6 heteroatoms. The minimum atomic E-state index is -0.396. The fraction of sp³-hybridized carbons (Fsp3) is 0.136. The molecule has 1 heterocycles.